The zero-order chi connectivity index (χ0) is 13.3. The van der Waals surface area contributed by atoms with E-state index < -0.39 is 0 Å². The van der Waals surface area contributed by atoms with E-state index >= 15 is 0 Å². The molecular formula is C13H15N3O2. The maximum absolute atomic E-state index is 11.9. The number of hydrogen-bond donors (Lipinski definition) is 1. The van der Waals surface area contributed by atoms with E-state index in [0.717, 1.165) is 11.1 Å². The minimum absolute atomic E-state index is 0.239. The minimum atomic E-state index is -0.329. The van der Waals surface area contributed by atoms with E-state index in [0.29, 0.717) is 5.69 Å². The predicted molar refractivity (Wildman–Crippen MR) is 70.6 cm³/mol. The zero-order valence-electron chi connectivity index (χ0n) is 10.4. The summed E-state index contributed by atoms with van der Waals surface area (Å²) in [7, 11) is 1.62. The molecule has 0 atom stereocenters. The van der Waals surface area contributed by atoms with Crippen LogP contribution in [0.4, 0.5) is 5.69 Å². The molecule has 18 heavy (non-hydrogen) atoms. The lowest BCUT2D eigenvalue weighted by Crippen LogP contribution is -2.38. The summed E-state index contributed by atoms with van der Waals surface area (Å²) in [6.45, 7) is 2.12. The molecule has 0 aliphatic rings. The monoisotopic (exact) mass is 245 g/mol. The van der Waals surface area contributed by atoms with Crippen LogP contribution in [0.15, 0.2) is 40.1 Å². The quantitative estimate of drug-likeness (QED) is 0.783. The number of nitrogens with zero attached hydrogens (tertiary/aromatic N) is 2. The molecule has 2 N–H and O–H groups in total. The number of nitrogen functional groups attached to an aromatic ring is 1. The van der Waals surface area contributed by atoms with E-state index in [1.54, 1.807) is 13.1 Å². The van der Waals surface area contributed by atoms with Crippen LogP contribution < -0.4 is 17.0 Å². The van der Waals surface area contributed by atoms with E-state index in [9.17, 15) is 9.59 Å². The van der Waals surface area contributed by atoms with Crippen LogP contribution in [0.2, 0.25) is 0 Å². The Morgan fingerprint density at radius 1 is 1.22 bits per heavy atom. The normalized spacial score (nSPS) is 10.6. The van der Waals surface area contributed by atoms with Gasteiger partial charge in [0.2, 0.25) is 0 Å². The van der Waals surface area contributed by atoms with E-state index in [1.807, 2.05) is 19.1 Å². The maximum atomic E-state index is 11.9. The van der Waals surface area contributed by atoms with Crippen molar-refractivity contribution in [3.05, 3.63) is 62.4 Å². The molecule has 2 aromatic rings. The highest BCUT2D eigenvalue weighted by atomic mass is 16.2. The molecule has 0 fully saturated rings. The fourth-order valence-corrected chi connectivity index (χ4v) is 1.80. The van der Waals surface area contributed by atoms with Crippen molar-refractivity contribution in [2.24, 2.45) is 7.05 Å². The van der Waals surface area contributed by atoms with Gasteiger partial charge in [-0.25, -0.2) is 4.79 Å². The van der Waals surface area contributed by atoms with Crippen LogP contribution in [0, 0.1) is 6.92 Å². The third-order valence-corrected chi connectivity index (χ3v) is 3.06. The summed E-state index contributed by atoms with van der Waals surface area (Å²) in [5, 5.41) is 0. The van der Waals surface area contributed by atoms with E-state index in [4.69, 9.17) is 5.73 Å². The summed E-state index contributed by atoms with van der Waals surface area (Å²) in [6.07, 6.45) is 1.47. The Labute approximate surface area is 104 Å². The van der Waals surface area contributed by atoms with E-state index in [1.165, 1.54) is 21.4 Å². The summed E-state index contributed by atoms with van der Waals surface area (Å²) < 4.78 is 2.57. The van der Waals surface area contributed by atoms with Crippen molar-refractivity contribution >= 4 is 5.69 Å². The molecule has 0 spiro atoms. The fraction of sp³-hybridized carbons (Fsp3) is 0.231. The molecule has 0 amide bonds. The molecule has 1 heterocycles. The molecule has 5 nitrogen and oxygen atoms in total. The highest BCUT2D eigenvalue weighted by molar-refractivity contribution is 5.49. The Morgan fingerprint density at radius 3 is 2.67 bits per heavy atom. The molecule has 0 aliphatic carbocycles. The lowest BCUT2D eigenvalue weighted by atomic mass is 10.1. The first-order valence-electron chi connectivity index (χ1n) is 5.61. The topological polar surface area (TPSA) is 70.0 Å². The molecule has 0 saturated carbocycles. The lowest BCUT2D eigenvalue weighted by molar-refractivity contribution is 0.638. The maximum Gasteiger partial charge on any atom is 0.331 e. The van der Waals surface area contributed by atoms with Crippen LogP contribution in [-0.2, 0) is 13.6 Å². The van der Waals surface area contributed by atoms with Crippen molar-refractivity contribution in [3.63, 3.8) is 0 Å². The summed E-state index contributed by atoms with van der Waals surface area (Å²) in [4.78, 5) is 23.6. The number of hydrogen-bond acceptors (Lipinski definition) is 3. The second-order valence-electron chi connectivity index (χ2n) is 4.26. The smallest absolute Gasteiger partial charge is 0.331 e. The molecule has 1 aromatic carbocycles. The number of rotatable bonds is 2. The molecule has 0 radical (unpaired) electrons. The first-order valence-corrected chi connectivity index (χ1v) is 5.61. The van der Waals surface area contributed by atoms with Gasteiger partial charge in [0.25, 0.3) is 5.56 Å². The van der Waals surface area contributed by atoms with Gasteiger partial charge in [-0.15, -0.1) is 0 Å². The average molecular weight is 245 g/mol. The van der Waals surface area contributed by atoms with Gasteiger partial charge in [-0.05, 0) is 24.1 Å². The molecule has 0 bridgehead atoms. The van der Waals surface area contributed by atoms with Gasteiger partial charge >= 0.3 is 5.69 Å². The van der Waals surface area contributed by atoms with Crippen LogP contribution >= 0.6 is 0 Å². The number of aryl methyl sites for hydroxylation is 1. The fourth-order valence-electron chi connectivity index (χ4n) is 1.80. The Hall–Kier alpha value is -2.30. The Kier molecular flexibility index (Phi) is 3.06. The standard InChI is InChI=1S/C13H15N3O2/c1-9-10(4-3-5-11(9)14)8-16-12(17)6-7-15(2)13(16)18/h3-7H,8,14H2,1-2H3. The molecule has 5 heteroatoms. The molecule has 1 aromatic heterocycles. The van der Waals surface area contributed by atoms with Gasteiger partial charge in [-0.3, -0.25) is 9.36 Å². The van der Waals surface area contributed by atoms with Crippen LogP contribution in [0.3, 0.4) is 0 Å². The predicted octanol–water partition coefficient (Wildman–Crippen LogP) is 0.486. The molecule has 0 aliphatic heterocycles. The first-order chi connectivity index (χ1) is 8.50. The Balaban J connectivity index is 2.53. The zero-order valence-corrected chi connectivity index (χ0v) is 10.4. The van der Waals surface area contributed by atoms with Crippen molar-refractivity contribution in [2.75, 3.05) is 5.73 Å². The van der Waals surface area contributed by atoms with E-state index in [2.05, 4.69) is 0 Å². The first kappa shape index (κ1) is 12.2. The van der Waals surface area contributed by atoms with Crippen molar-refractivity contribution in [3.8, 4) is 0 Å². The lowest BCUT2D eigenvalue weighted by Gasteiger charge is -2.10. The van der Waals surface area contributed by atoms with Crippen LogP contribution in [0.1, 0.15) is 11.1 Å². The summed E-state index contributed by atoms with van der Waals surface area (Å²) in [5.74, 6) is 0. The van der Waals surface area contributed by atoms with Gasteiger partial charge in [0.15, 0.2) is 0 Å². The number of aromatic nitrogens is 2. The number of benzene rings is 1. The summed E-state index contributed by atoms with van der Waals surface area (Å²) >= 11 is 0. The SMILES string of the molecule is Cc1c(N)cccc1Cn1c(=O)ccn(C)c1=O. The Morgan fingerprint density at radius 2 is 1.94 bits per heavy atom. The molecular weight excluding hydrogens is 230 g/mol. The number of nitrogens with two attached hydrogens (primary N) is 1. The number of anilines is 1. The second-order valence-corrected chi connectivity index (χ2v) is 4.26. The third kappa shape index (κ3) is 2.07. The van der Waals surface area contributed by atoms with Gasteiger partial charge in [0.05, 0.1) is 6.54 Å². The third-order valence-electron chi connectivity index (χ3n) is 3.06. The molecule has 2 rings (SSSR count). The van der Waals surface area contributed by atoms with Crippen molar-refractivity contribution < 1.29 is 0 Å². The van der Waals surface area contributed by atoms with Crippen LogP contribution in [-0.4, -0.2) is 9.13 Å². The largest absolute Gasteiger partial charge is 0.399 e. The van der Waals surface area contributed by atoms with Crippen LogP contribution in [0.25, 0.3) is 0 Å². The molecule has 0 saturated heterocycles. The highest BCUT2D eigenvalue weighted by Gasteiger charge is 2.07. The summed E-state index contributed by atoms with van der Waals surface area (Å²) in [5.41, 5.74) is 7.61. The Bertz CT molecular complexity index is 698. The van der Waals surface area contributed by atoms with Gasteiger partial charge in [-0.1, -0.05) is 12.1 Å². The average Bonchev–Trinajstić information content (AvgIpc) is 2.35. The summed E-state index contributed by atoms with van der Waals surface area (Å²) in [6, 6.07) is 6.86. The van der Waals surface area contributed by atoms with Gasteiger partial charge in [0, 0.05) is 25.0 Å². The van der Waals surface area contributed by atoms with Gasteiger partial charge in [0.1, 0.15) is 0 Å². The van der Waals surface area contributed by atoms with Crippen molar-refractivity contribution in [1.29, 1.82) is 0 Å². The minimum Gasteiger partial charge on any atom is -0.399 e. The molecule has 94 valence electrons. The van der Waals surface area contributed by atoms with E-state index in [-0.39, 0.29) is 17.8 Å². The van der Waals surface area contributed by atoms with Crippen molar-refractivity contribution in [2.45, 2.75) is 13.5 Å². The van der Waals surface area contributed by atoms with Crippen molar-refractivity contribution in [1.82, 2.24) is 9.13 Å². The van der Waals surface area contributed by atoms with Gasteiger partial charge in [-0.2, -0.15) is 0 Å². The van der Waals surface area contributed by atoms with Gasteiger partial charge < -0.3 is 10.3 Å². The molecule has 0 unspecified atom stereocenters. The van der Waals surface area contributed by atoms with Crippen LogP contribution in [0.5, 0.6) is 0 Å². The second kappa shape index (κ2) is 4.52. The highest BCUT2D eigenvalue weighted by Crippen LogP contribution is 2.15.